The third-order valence-electron chi connectivity index (χ3n) is 7.25. The van der Waals surface area contributed by atoms with E-state index in [9.17, 15) is 14.7 Å². The first-order valence-electron chi connectivity index (χ1n) is 12.5. The van der Waals surface area contributed by atoms with Crippen LogP contribution in [-0.2, 0) is 11.3 Å². The molecule has 6 heteroatoms. The Morgan fingerprint density at radius 3 is 2.31 bits per heavy atom. The lowest BCUT2D eigenvalue weighted by molar-refractivity contribution is -0.152. The van der Waals surface area contributed by atoms with Crippen LogP contribution < -0.4 is 9.47 Å². The van der Waals surface area contributed by atoms with E-state index in [0.29, 0.717) is 28.5 Å². The van der Waals surface area contributed by atoms with Crippen molar-refractivity contribution >= 4 is 22.7 Å². The molecule has 4 rings (SSSR count). The summed E-state index contributed by atoms with van der Waals surface area (Å²) < 4.78 is 13.3. The van der Waals surface area contributed by atoms with Gasteiger partial charge in [0.15, 0.2) is 11.4 Å². The van der Waals surface area contributed by atoms with Crippen molar-refractivity contribution in [1.82, 2.24) is 4.57 Å². The number of aliphatic carboxylic acids is 1. The van der Waals surface area contributed by atoms with E-state index in [-0.39, 0.29) is 5.78 Å². The van der Waals surface area contributed by atoms with Crippen LogP contribution in [0, 0.1) is 12.8 Å². The molecule has 0 unspecified atom stereocenters. The minimum atomic E-state index is -1.36. The van der Waals surface area contributed by atoms with E-state index >= 15 is 0 Å². The molecule has 186 valence electrons. The van der Waals surface area contributed by atoms with Gasteiger partial charge in [-0.3, -0.25) is 4.79 Å². The predicted molar refractivity (Wildman–Crippen MR) is 137 cm³/mol. The lowest BCUT2D eigenvalue weighted by Gasteiger charge is -2.23. The summed E-state index contributed by atoms with van der Waals surface area (Å²) in [7, 11) is 1.60. The van der Waals surface area contributed by atoms with Crippen molar-refractivity contribution < 1.29 is 24.2 Å². The second kappa shape index (κ2) is 10.1. The topological polar surface area (TPSA) is 77.8 Å². The summed E-state index contributed by atoms with van der Waals surface area (Å²) in [6, 6.07) is 12.7. The van der Waals surface area contributed by atoms with Gasteiger partial charge in [0.1, 0.15) is 11.5 Å². The summed E-state index contributed by atoms with van der Waals surface area (Å²) in [5.74, 6) is 0.815. The van der Waals surface area contributed by atoms with E-state index in [4.69, 9.17) is 9.47 Å². The number of hydrogen-bond donors (Lipinski definition) is 1. The van der Waals surface area contributed by atoms with Gasteiger partial charge in [-0.25, -0.2) is 4.79 Å². The molecule has 0 aliphatic heterocycles. The van der Waals surface area contributed by atoms with E-state index in [1.807, 2.05) is 19.1 Å². The van der Waals surface area contributed by atoms with Gasteiger partial charge in [0.25, 0.3) is 0 Å². The Labute approximate surface area is 206 Å². The molecule has 1 aromatic heterocycles. The average molecular weight is 478 g/mol. The van der Waals surface area contributed by atoms with Gasteiger partial charge in [-0.1, -0.05) is 32.1 Å². The van der Waals surface area contributed by atoms with E-state index in [1.165, 1.54) is 46.0 Å². The van der Waals surface area contributed by atoms with Gasteiger partial charge in [0.2, 0.25) is 0 Å². The smallest absolute Gasteiger partial charge is 0.347 e. The van der Waals surface area contributed by atoms with Crippen LogP contribution in [0.15, 0.2) is 42.5 Å². The fourth-order valence-corrected chi connectivity index (χ4v) is 5.11. The molecule has 35 heavy (non-hydrogen) atoms. The summed E-state index contributed by atoms with van der Waals surface area (Å²) in [4.78, 5) is 25.2. The normalized spacial score (nSPS) is 14.7. The summed E-state index contributed by atoms with van der Waals surface area (Å²) in [6.45, 7) is 5.88. The van der Waals surface area contributed by atoms with Gasteiger partial charge < -0.3 is 19.1 Å². The SMILES string of the molecule is COc1ccc(C(=O)c2c(C)n(CCC3CCCCC3)c3cc(OC(C)(C)C(=O)O)ccc23)cc1. The maximum atomic E-state index is 13.6. The molecular weight excluding hydrogens is 442 g/mol. The number of methoxy groups -OCH3 is 1. The highest BCUT2D eigenvalue weighted by molar-refractivity contribution is 6.17. The molecule has 0 radical (unpaired) electrons. The Balaban J connectivity index is 1.75. The lowest BCUT2D eigenvalue weighted by Crippen LogP contribution is -2.37. The van der Waals surface area contributed by atoms with Gasteiger partial charge in [0, 0.05) is 29.3 Å². The summed E-state index contributed by atoms with van der Waals surface area (Å²) in [6.07, 6.45) is 7.49. The van der Waals surface area contributed by atoms with Crippen molar-refractivity contribution in [2.75, 3.05) is 7.11 Å². The van der Waals surface area contributed by atoms with Crippen molar-refractivity contribution in [3.8, 4) is 11.5 Å². The number of carbonyl (C=O) groups is 2. The van der Waals surface area contributed by atoms with Crippen molar-refractivity contribution in [3.05, 3.63) is 59.3 Å². The van der Waals surface area contributed by atoms with Gasteiger partial charge in [-0.2, -0.15) is 0 Å². The molecule has 3 aromatic rings. The largest absolute Gasteiger partial charge is 0.497 e. The molecular formula is C29H35NO5. The van der Waals surface area contributed by atoms with Gasteiger partial charge in [-0.05, 0) is 69.5 Å². The van der Waals surface area contributed by atoms with Crippen LogP contribution in [0.1, 0.15) is 74.0 Å². The molecule has 1 N–H and O–H groups in total. The van der Waals surface area contributed by atoms with Crippen LogP contribution in [0.2, 0.25) is 0 Å². The van der Waals surface area contributed by atoms with Crippen LogP contribution in [0.25, 0.3) is 10.9 Å². The van der Waals surface area contributed by atoms with Crippen molar-refractivity contribution in [3.63, 3.8) is 0 Å². The van der Waals surface area contributed by atoms with E-state index in [1.54, 1.807) is 37.4 Å². The van der Waals surface area contributed by atoms with E-state index < -0.39 is 11.6 Å². The van der Waals surface area contributed by atoms with Crippen molar-refractivity contribution in [2.24, 2.45) is 5.92 Å². The zero-order valence-electron chi connectivity index (χ0n) is 21.1. The highest BCUT2D eigenvalue weighted by Crippen LogP contribution is 2.34. The number of ether oxygens (including phenoxy) is 2. The van der Waals surface area contributed by atoms with Crippen molar-refractivity contribution in [1.29, 1.82) is 0 Å². The fourth-order valence-electron chi connectivity index (χ4n) is 5.11. The Kier molecular flexibility index (Phi) is 7.20. The number of benzene rings is 2. The van der Waals surface area contributed by atoms with E-state index in [2.05, 4.69) is 4.57 Å². The number of carboxylic acids is 1. The lowest BCUT2D eigenvalue weighted by atomic mass is 9.87. The number of aromatic nitrogens is 1. The van der Waals surface area contributed by atoms with Gasteiger partial charge >= 0.3 is 5.97 Å². The monoisotopic (exact) mass is 477 g/mol. The molecule has 1 fully saturated rings. The molecule has 1 aliphatic rings. The highest BCUT2D eigenvalue weighted by atomic mass is 16.5. The Hall–Kier alpha value is -3.28. The third-order valence-corrected chi connectivity index (χ3v) is 7.25. The zero-order valence-corrected chi connectivity index (χ0v) is 21.1. The third kappa shape index (κ3) is 5.21. The average Bonchev–Trinajstić information content (AvgIpc) is 3.13. The molecule has 0 amide bonds. The number of aryl methyl sites for hydroxylation is 1. The van der Waals surface area contributed by atoms with Crippen LogP contribution in [-0.4, -0.2) is 34.1 Å². The number of hydrogen-bond acceptors (Lipinski definition) is 4. The number of rotatable bonds is 9. The minimum Gasteiger partial charge on any atom is -0.497 e. The Bertz CT molecular complexity index is 1220. The standard InChI is InChI=1S/C29H35NO5/c1-19-26(27(31)21-10-12-22(34-4)13-11-21)24-15-14-23(35-29(2,3)28(32)33)18-25(24)30(19)17-16-20-8-6-5-7-9-20/h10-15,18,20H,5-9,16-17H2,1-4H3,(H,32,33). The number of ketones is 1. The maximum Gasteiger partial charge on any atom is 0.347 e. The van der Waals surface area contributed by atoms with Crippen molar-refractivity contribution in [2.45, 2.75) is 71.4 Å². The van der Waals surface area contributed by atoms with Gasteiger partial charge in [0.05, 0.1) is 18.2 Å². The number of carbonyl (C=O) groups excluding carboxylic acids is 1. The molecule has 0 spiro atoms. The second-order valence-electron chi connectivity index (χ2n) is 10.1. The molecule has 2 aromatic carbocycles. The van der Waals surface area contributed by atoms with Crippen LogP contribution in [0.4, 0.5) is 0 Å². The number of fused-ring (bicyclic) bond motifs is 1. The van der Waals surface area contributed by atoms with Crippen LogP contribution in [0.5, 0.6) is 11.5 Å². The predicted octanol–water partition coefficient (Wildman–Crippen LogP) is 6.40. The minimum absolute atomic E-state index is 0.0360. The highest BCUT2D eigenvalue weighted by Gasteiger charge is 2.30. The van der Waals surface area contributed by atoms with E-state index in [0.717, 1.165) is 29.6 Å². The zero-order chi connectivity index (χ0) is 25.2. The molecule has 0 atom stereocenters. The van der Waals surface area contributed by atoms with Crippen LogP contribution in [0.3, 0.4) is 0 Å². The Morgan fingerprint density at radius 1 is 1.03 bits per heavy atom. The molecule has 1 saturated carbocycles. The number of nitrogens with zero attached hydrogens (tertiary/aromatic N) is 1. The maximum absolute atomic E-state index is 13.6. The second-order valence-corrected chi connectivity index (χ2v) is 10.1. The quantitative estimate of drug-likeness (QED) is 0.361. The number of carboxylic acid groups (broad SMARTS) is 1. The summed E-state index contributed by atoms with van der Waals surface area (Å²) >= 11 is 0. The summed E-state index contributed by atoms with van der Waals surface area (Å²) in [5, 5.41) is 10.4. The molecule has 1 heterocycles. The van der Waals surface area contributed by atoms with Gasteiger partial charge in [-0.15, -0.1) is 0 Å². The fraction of sp³-hybridized carbons (Fsp3) is 0.448. The first-order chi connectivity index (χ1) is 16.7. The summed E-state index contributed by atoms with van der Waals surface area (Å²) in [5.41, 5.74) is 1.75. The molecule has 6 nitrogen and oxygen atoms in total. The molecule has 0 saturated heterocycles. The first-order valence-corrected chi connectivity index (χ1v) is 12.5. The van der Waals surface area contributed by atoms with Crippen LogP contribution >= 0.6 is 0 Å². The molecule has 0 bridgehead atoms. The Morgan fingerprint density at radius 2 is 1.69 bits per heavy atom. The first kappa shape index (κ1) is 24.8. The molecule has 1 aliphatic carbocycles.